The average molecular weight is 326 g/mol. The minimum absolute atomic E-state index is 0.0212. The van der Waals surface area contributed by atoms with Crippen molar-refractivity contribution < 1.29 is 19.9 Å². The number of rotatable bonds is 7. The van der Waals surface area contributed by atoms with Crippen LogP contribution < -0.4 is 5.32 Å². The molecule has 2 atom stereocenters. The molecule has 0 heterocycles. The second kappa shape index (κ2) is 7.46. The highest BCUT2D eigenvalue weighted by Crippen LogP contribution is 2.42. The molecule has 0 fully saturated rings. The zero-order valence-corrected chi connectivity index (χ0v) is 13.3. The fourth-order valence-corrected chi connectivity index (χ4v) is 3.54. The SMILES string of the molecule is CNCc1cc2c(cc1Cl)C[C@H](CCCB(O)O)[C@@H]2C(=O)O. The summed E-state index contributed by atoms with van der Waals surface area (Å²) < 4.78 is 0. The summed E-state index contributed by atoms with van der Waals surface area (Å²) in [6, 6.07) is 3.77. The number of aliphatic carboxylic acids is 1. The van der Waals surface area contributed by atoms with Crippen LogP contribution in [0.5, 0.6) is 0 Å². The summed E-state index contributed by atoms with van der Waals surface area (Å²) in [6.45, 7) is 0.597. The van der Waals surface area contributed by atoms with Gasteiger partial charge in [-0.1, -0.05) is 24.1 Å². The number of carbonyl (C=O) groups is 1. The van der Waals surface area contributed by atoms with E-state index in [1.54, 1.807) is 0 Å². The van der Waals surface area contributed by atoms with Crippen molar-refractivity contribution in [3.05, 3.63) is 33.8 Å². The fourth-order valence-electron chi connectivity index (χ4n) is 3.29. The van der Waals surface area contributed by atoms with E-state index in [0.29, 0.717) is 30.8 Å². The third kappa shape index (κ3) is 3.81. The van der Waals surface area contributed by atoms with Crippen molar-refractivity contribution in [3.8, 4) is 0 Å². The number of hydrogen-bond donors (Lipinski definition) is 4. The van der Waals surface area contributed by atoms with Crippen LogP contribution in [0.15, 0.2) is 12.1 Å². The second-order valence-electron chi connectivity index (χ2n) is 5.86. The number of nitrogens with one attached hydrogen (secondary N) is 1. The Balaban J connectivity index is 2.21. The molecule has 0 aromatic heterocycles. The van der Waals surface area contributed by atoms with Crippen LogP contribution in [-0.2, 0) is 17.8 Å². The first-order valence-electron chi connectivity index (χ1n) is 7.48. The summed E-state index contributed by atoms with van der Waals surface area (Å²) >= 11 is 6.25. The largest absolute Gasteiger partial charge is 0.481 e. The maximum atomic E-state index is 11.7. The number of fused-ring (bicyclic) bond motifs is 1. The third-order valence-corrected chi connectivity index (χ3v) is 4.62. The maximum absolute atomic E-state index is 11.7. The molecule has 0 aliphatic heterocycles. The lowest BCUT2D eigenvalue weighted by Crippen LogP contribution is -2.19. The highest BCUT2D eigenvalue weighted by Gasteiger charge is 2.37. The molecule has 2 rings (SSSR count). The van der Waals surface area contributed by atoms with Gasteiger partial charge in [0, 0.05) is 11.6 Å². The molecule has 120 valence electrons. The Kier molecular flexibility index (Phi) is 5.86. The molecule has 7 heteroatoms. The third-order valence-electron chi connectivity index (χ3n) is 4.27. The standard InChI is InChI=1S/C15H21BClNO4/c1-18-8-11-6-12-10(7-13(11)17)5-9(14(12)15(19)20)3-2-4-16(21)22/h6-7,9,14,18,21-22H,2-5,8H2,1H3,(H,19,20)/t9-,14-/m0/s1. The Labute approximate surface area is 135 Å². The summed E-state index contributed by atoms with van der Waals surface area (Å²) in [5.74, 6) is -1.39. The Morgan fingerprint density at radius 3 is 2.77 bits per heavy atom. The molecule has 0 radical (unpaired) electrons. The normalized spacial score (nSPS) is 20.0. The average Bonchev–Trinajstić information content (AvgIpc) is 2.76. The molecular formula is C15H21BClNO4. The van der Waals surface area contributed by atoms with Gasteiger partial charge >= 0.3 is 13.1 Å². The van der Waals surface area contributed by atoms with Crippen LogP contribution in [0.25, 0.3) is 0 Å². The first kappa shape index (κ1) is 17.3. The van der Waals surface area contributed by atoms with Gasteiger partial charge in [0.2, 0.25) is 0 Å². The van der Waals surface area contributed by atoms with E-state index < -0.39 is 19.0 Å². The van der Waals surface area contributed by atoms with Gasteiger partial charge in [0.15, 0.2) is 0 Å². The van der Waals surface area contributed by atoms with E-state index in [-0.39, 0.29) is 12.2 Å². The highest BCUT2D eigenvalue weighted by molar-refractivity contribution is 6.40. The van der Waals surface area contributed by atoms with Gasteiger partial charge in [0.05, 0.1) is 5.92 Å². The van der Waals surface area contributed by atoms with E-state index in [1.165, 1.54) is 0 Å². The van der Waals surface area contributed by atoms with Gasteiger partial charge in [-0.15, -0.1) is 0 Å². The van der Waals surface area contributed by atoms with E-state index in [1.807, 2.05) is 19.2 Å². The lowest BCUT2D eigenvalue weighted by atomic mass is 9.80. The van der Waals surface area contributed by atoms with Crippen LogP contribution in [-0.4, -0.2) is 35.3 Å². The van der Waals surface area contributed by atoms with Gasteiger partial charge in [-0.05, 0) is 54.9 Å². The summed E-state index contributed by atoms with van der Waals surface area (Å²) in [4.78, 5) is 11.7. The van der Waals surface area contributed by atoms with Crippen LogP contribution in [0.2, 0.25) is 11.3 Å². The van der Waals surface area contributed by atoms with Crippen molar-refractivity contribution in [3.63, 3.8) is 0 Å². The maximum Gasteiger partial charge on any atom is 0.451 e. The number of benzene rings is 1. The first-order valence-corrected chi connectivity index (χ1v) is 7.86. The molecule has 22 heavy (non-hydrogen) atoms. The number of carboxylic acids is 1. The second-order valence-corrected chi connectivity index (χ2v) is 6.27. The van der Waals surface area contributed by atoms with Gasteiger partial charge in [0.25, 0.3) is 0 Å². The van der Waals surface area contributed by atoms with Crippen molar-refractivity contribution >= 4 is 24.7 Å². The van der Waals surface area contributed by atoms with Gasteiger partial charge < -0.3 is 20.5 Å². The Bertz CT molecular complexity index is 553. The molecule has 0 bridgehead atoms. The van der Waals surface area contributed by atoms with E-state index in [4.69, 9.17) is 21.6 Å². The van der Waals surface area contributed by atoms with Gasteiger partial charge in [0.1, 0.15) is 0 Å². The zero-order valence-electron chi connectivity index (χ0n) is 12.6. The van der Waals surface area contributed by atoms with Crippen LogP contribution in [0.3, 0.4) is 0 Å². The van der Waals surface area contributed by atoms with Crippen LogP contribution in [0.4, 0.5) is 0 Å². The molecule has 0 saturated carbocycles. The van der Waals surface area contributed by atoms with E-state index in [9.17, 15) is 9.90 Å². The van der Waals surface area contributed by atoms with Gasteiger partial charge in [-0.2, -0.15) is 0 Å². The van der Waals surface area contributed by atoms with E-state index >= 15 is 0 Å². The summed E-state index contributed by atoms with van der Waals surface area (Å²) in [6.07, 6.45) is 2.19. The van der Waals surface area contributed by atoms with Crippen LogP contribution >= 0.6 is 11.6 Å². The molecule has 1 aliphatic rings. The fraction of sp³-hybridized carbons (Fsp3) is 0.533. The molecule has 4 N–H and O–H groups in total. The Morgan fingerprint density at radius 1 is 1.45 bits per heavy atom. The van der Waals surface area contributed by atoms with E-state index in [0.717, 1.165) is 16.7 Å². The van der Waals surface area contributed by atoms with E-state index in [2.05, 4.69) is 5.32 Å². The number of carboxylic acid groups (broad SMARTS) is 1. The first-order chi connectivity index (χ1) is 10.4. The monoisotopic (exact) mass is 325 g/mol. The highest BCUT2D eigenvalue weighted by atomic mass is 35.5. The summed E-state index contributed by atoms with van der Waals surface area (Å²) in [5, 5.41) is 31.1. The minimum Gasteiger partial charge on any atom is -0.481 e. The quantitative estimate of drug-likeness (QED) is 0.572. The smallest absolute Gasteiger partial charge is 0.451 e. The van der Waals surface area contributed by atoms with Crippen molar-refractivity contribution in [2.24, 2.45) is 5.92 Å². The van der Waals surface area contributed by atoms with Gasteiger partial charge in [-0.25, -0.2) is 0 Å². The molecule has 0 spiro atoms. The predicted molar refractivity (Wildman–Crippen MR) is 86.0 cm³/mol. The Hall–Kier alpha value is -1.08. The summed E-state index contributed by atoms with van der Waals surface area (Å²) in [7, 11) is 0.491. The van der Waals surface area contributed by atoms with Crippen molar-refractivity contribution in [1.82, 2.24) is 5.32 Å². The molecule has 5 nitrogen and oxygen atoms in total. The zero-order chi connectivity index (χ0) is 16.3. The van der Waals surface area contributed by atoms with Crippen molar-refractivity contribution in [1.29, 1.82) is 0 Å². The molecule has 1 aromatic rings. The van der Waals surface area contributed by atoms with Crippen molar-refractivity contribution in [2.45, 2.75) is 38.0 Å². The molecular weight excluding hydrogens is 304 g/mol. The Morgan fingerprint density at radius 2 is 2.18 bits per heavy atom. The molecule has 0 amide bonds. The topological polar surface area (TPSA) is 89.8 Å². The molecule has 0 unspecified atom stereocenters. The summed E-state index contributed by atoms with van der Waals surface area (Å²) in [5.41, 5.74) is 2.74. The minimum atomic E-state index is -1.33. The van der Waals surface area contributed by atoms with Crippen molar-refractivity contribution in [2.75, 3.05) is 7.05 Å². The lowest BCUT2D eigenvalue weighted by molar-refractivity contribution is -0.139. The van der Waals surface area contributed by atoms with Crippen LogP contribution in [0.1, 0.15) is 35.4 Å². The van der Waals surface area contributed by atoms with Crippen LogP contribution in [0, 0.1) is 5.92 Å². The molecule has 1 aromatic carbocycles. The number of hydrogen-bond acceptors (Lipinski definition) is 4. The lowest BCUT2D eigenvalue weighted by Gasteiger charge is -2.16. The number of halogens is 1. The molecule has 0 saturated heterocycles. The van der Waals surface area contributed by atoms with Gasteiger partial charge in [-0.3, -0.25) is 4.79 Å². The molecule has 1 aliphatic carbocycles. The predicted octanol–water partition coefficient (Wildman–Crippen LogP) is 1.65.